The fourth-order valence-corrected chi connectivity index (χ4v) is 5.05. The molecule has 7 heteroatoms. The van der Waals surface area contributed by atoms with Gasteiger partial charge in [0.15, 0.2) is 11.5 Å². The highest BCUT2D eigenvalue weighted by Crippen LogP contribution is 2.33. The first-order valence-corrected chi connectivity index (χ1v) is 13.1. The Morgan fingerprint density at radius 1 is 0.921 bits per heavy atom. The van der Waals surface area contributed by atoms with Crippen molar-refractivity contribution < 1.29 is 14.3 Å². The number of anilines is 1. The van der Waals surface area contributed by atoms with E-state index in [4.69, 9.17) is 9.47 Å². The maximum atomic E-state index is 12.8. The van der Waals surface area contributed by atoms with E-state index in [1.807, 2.05) is 43.3 Å². The predicted octanol–water partition coefficient (Wildman–Crippen LogP) is 5.59. The third-order valence-electron chi connectivity index (χ3n) is 7.16. The van der Waals surface area contributed by atoms with Gasteiger partial charge in [0.1, 0.15) is 5.69 Å². The molecular formula is C31H34N4O3. The molecule has 1 amide bonds. The maximum Gasteiger partial charge on any atom is 0.276 e. The summed E-state index contributed by atoms with van der Waals surface area (Å²) in [6.07, 6.45) is 4.31. The van der Waals surface area contributed by atoms with Crippen LogP contribution in [0.4, 0.5) is 5.69 Å². The molecular weight excluding hydrogens is 476 g/mol. The van der Waals surface area contributed by atoms with E-state index >= 15 is 0 Å². The highest BCUT2D eigenvalue weighted by Gasteiger charge is 2.19. The van der Waals surface area contributed by atoms with Gasteiger partial charge in [-0.1, -0.05) is 24.3 Å². The molecule has 1 aliphatic heterocycles. The van der Waals surface area contributed by atoms with Crippen molar-refractivity contribution in [2.75, 3.05) is 32.6 Å². The van der Waals surface area contributed by atoms with Crippen LogP contribution in [0.3, 0.4) is 0 Å². The number of methoxy groups -OCH3 is 2. The van der Waals surface area contributed by atoms with Gasteiger partial charge in [0, 0.05) is 18.8 Å². The van der Waals surface area contributed by atoms with Crippen molar-refractivity contribution in [3.05, 3.63) is 88.7 Å². The molecule has 1 aliphatic rings. The zero-order chi connectivity index (χ0) is 26.5. The van der Waals surface area contributed by atoms with Crippen LogP contribution in [-0.2, 0) is 19.4 Å². The number of aryl methyl sites for hydroxylation is 2. The van der Waals surface area contributed by atoms with Crippen LogP contribution in [0.5, 0.6) is 11.5 Å². The van der Waals surface area contributed by atoms with Crippen molar-refractivity contribution in [1.82, 2.24) is 14.9 Å². The lowest BCUT2D eigenvalue weighted by molar-refractivity contribution is 0.102. The second kappa shape index (κ2) is 11.6. The lowest BCUT2D eigenvalue weighted by atomic mass is 9.98. The third-order valence-corrected chi connectivity index (χ3v) is 7.16. The summed E-state index contributed by atoms with van der Waals surface area (Å²) in [5.74, 6) is 1.36. The summed E-state index contributed by atoms with van der Waals surface area (Å²) in [7, 11) is 3.37. The predicted molar refractivity (Wildman–Crippen MR) is 150 cm³/mol. The lowest BCUT2D eigenvalue weighted by Gasteiger charge is -2.29. The molecule has 0 aliphatic carbocycles. The number of fused-ring (bicyclic) bond motifs is 2. The average molecular weight is 511 g/mol. The summed E-state index contributed by atoms with van der Waals surface area (Å²) in [6, 6.07) is 19.9. The topological polar surface area (TPSA) is 76.6 Å². The van der Waals surface area contributed by atoms with E-state index in [0.717, 1.165) is 68.0 Å². The second-order valence-electron chi connectivity index (χ2n) is 9.76. The van der Waals surface area contributed by atoms with E-state index in [9.17, 15) is 4.79 Å². The average Bonchev–Trinajstić information content (AvgIpc) is 2.94. The van der Waals surface area contributed by atoms with Gasteiger partial charge in [-0.3, -0.25) is 9.69 Å². The Balaban J connectivity index is 1.10. The summed E-state index contributed by atoms with van der Waals surface area (Å²) in [5, 5.41) is 2.96. The number of nitrogens with one attached hydrogen (secondary N) is 1. The smallest absolute Gasteiger partial charge is 0.276 e. The van der Waals surface area contributed by atoms with Crippen LogP contribution in [0.2, 0.25) is 0 Å². The number of rotatable bonds is 9. The number of nitrogens with zero attached hydrogens (tertiary/aromatic N) is 3. The van der Waals surface area contributed by atoms with E-state index in [-0.39, 0.29) is 5.91 Å². The minimum absolute atomic E-state index is 0.243. The van der Waals surface area contributed by atoms with E-state index in [0.29, 0.717) is 16.9 Å². The Morgan fingerprint density at radius 3 is 2.32 bits per heavy atom. The lowest BCUT2D eigenvalue weighted by Crippen LogP contribution is -2.31. The van der Waals surface area contributed by atoms with Crippen molar-refractivity contribution in [3.8, 4) is 11.5 Å². The first kappa shape index (κ1) is 25.7. The van der Waals surface area contributed by atoms with E-state index < -0.39 is 0 Å². The normalized spacial score (nSPS) is 13.2. The van der Waals surface area contributed by atoms with Crippen molar-refractivity contribution in [2.45, 2.75) is 39.2 Å². The minimum atomic E-state index is -0.243. The standard InChI is InChI=1S/C31H34N4O3/c1-21-30(34-27-10-5-4-9-26(27)32-21)31(36)33-25-13-11-22(12-14-25)8-6-7-16-35-17-15-23-18-28(37-2)29(38-3)19-24(23)20-35/h4-5,9-14,18-19H,6-8,15-17,20H2,1-3H3,(H,33,36). The number of hydrogen-bond acceptors (Lipinski definition) is 6. The van der Waals surface area contributed by atoms with Crippen molar-refractivity contribution in [3.63, 3.8) is 0 Å². The molecule has 7 nitrogen and oxygen atoms in total. The minimum Gasteiger partial charge on any atom is -0.493 e. The van der Waals surface area contributed by atoms with Gasteiger partial charge >= 0.3 is 0 Å². The Morgan fingerprint density at radius 2 is 1.61 bits per heavy atom. The van der Waals surface area contributed by atoms with Crippen LogP contribution in [0.15, 0.2) is 60.7 Å². The fraction of sp³-hybridized carbons (Fsp3) is 0.323. The quantitative estimate of drug-likeness (QED) is 0.296. The number of amides is 1. The first-order chi connectivity index (χ1) is 18.5. The second-order valence-corrected chi connectivity index (χ2v) is 9.76. The molecule has 2 heterocycles. The number of carbonyl (C=O) groups is 1. The summed E-state index contributed by atoms with van der Waals surface area (Å²) in [6.45, 7) is 4.91. The van der Waals surface area contributed by atoms with Crippen LogP contribution in [-0.4, -0.2) is 48.1 Å². The van der Waals surface area contributed by atoms with E-state index in [1.54, 1.807) is 14.2 Å². The Hall–Kier alpha value is -3.97. The van der Waals surface area contributed by atoms with Gasteiger partial charge in [0.2, 0.25) is 0 Å². The van der Waals surface area contributed by atoms with Crippen LogP contribution in [0.1, 0.15) is 45.7 Å². The number of para-hydroxylation sites is 2. The van der Waals surface area contributed by atoms with Crippen LogP contribution in [0.25, 0.3) is 11.0 Å². The van der Waals surface area contributed by atoms with Crippen LogP contribution in [0, 0.1) is 6.92 Å². The highest BCUT2D eigenvalue weighted by atomic mass is 16.5. The van der Waals surface area contributed by atoms with Gasteiger partial charge in [-0.05, 0) is 92.2 Å². The Kier molecular flexibility index (Phi) is 7.84. The molecule has 38 heavy (non-hydrogen) atoms. The van der Waals surface area contributed by atoms with E-state index in [1.165, 1.54) is 16.7 Å². The number of aromatic nitrogens is 2. The molecule has 0 fully saturated rings. The Bertz CT molecular complexity index is 1440. The van der Waals surface area contributed by atoms with Gasteiger partial charge in [-0.25, -0.2) is 9.97 Å². The number of benzene rings is 3. The summed E-state index contributed by atoms with van der Waals surface area (Å²) >= 11 is 0. The van der Waals surface area contributed by atoms with Crippen molar-refractivity contribution in [2.24, 2.45) is 0 Å². The zero-order valence-corrected chi connectivity index (χ0v) is 22.3. The van der Waals surface area contributed by atoms with Crippen molar-refractivity contribution in [1.29, 1.82) is 0 Å². The molecule has 4 aromatic rings. The molecule has 0 atom stereocenters. The number of ether oxygens (including phenoxy) is 2. The highest BCUT2D eigenvalue weighted by molar-refractivity contribution is 6.04. The van der Waals surface area contributed by atoms with Crippen LogP contribution < -0.4 is 14.8 Å². The summed E-state index contributed by atoms with van der Waals surface area (Å²) in [4.78, 5) is 24.4. The number of hydrogen-bond donors (Lipinski definition) is 1. The molecule has 3 aromatic carbocycles. The van der Waals surface area contributed by atoms with Crippen molar-refractivity contribution >= 4 is 22.6 Å². The molecule has 0 bridgehead atoms. The molecule has 5 rings (SSSR count). The Labute approximate surface area is 223 Å². The van der Waals surface area contributed by atoms with Gasteiger partial charge < -0.3 is 14.8 Å². The molecule has 0 unspecified atom stereocenters. The number of unbranched alkanes of at least 4 members (excludes halogenated alkanes) is 1. The molecule has 0 radical (unpaired) electrons. The molecule has 0 saturated carbocycles. The first-order valence-electron chi connectivity index (χ1n) is 13.1. The molecule has 196 valence electrons. The molecule has 0 saturated heterocycles. The molecule has 1 N–H and O–H groups in total. The summed E-state index contributed by atoms with van der Waals surface area (Å²) < 4.78 is 10.9. The molecule has 1 aromatic heterocycles. The van der Waals surface area contributed by atoms with Gasteiger partial charge in [0.25, 0.3) is 5.91 Å². The SMILES string of the molecule is COc1cc2c(cc1OC)CN(CCCCc1ccc(NC(=O)c3nc4ccccc4nc3C)cc1)CC2. The third kappa shape index (κ3) is 5.78. The van der Waals surface area contributed by atoms with E-state index in [2.05, 4.69) is 44.5 Å². The number of carbonyl (C=O) groups excluding carboxylic acids is 1. The largest absolute Gasteiger partial charge is 0.493 e. The van der Waals surface area contributed by atoms with Gasteiger partial charge in [-0.15, -0.1) is 0 Å². The maximum absolute atomic E-state index is 12.8. The monoisotopic (exact) mass is 510 g/mol. The molecule has 0 spiro atoms. The van der Waals surface area contributed by atoms with Gasteiger partial charge in [0.05, 0.1) is 30.9 Å². The van der Waals surface area contributed by atoms with Gasteiger partial charge in [-0.2, -0.15) is 0 Å². The summed E-state index contributed by atoms with van der Waals surface area (Å²) in [5.41, 5.74) is 7.19. The van der Waals surface area contributed by atoms with Crippen LogP contribution >= 0.6 is 0 Å². The zero-order valence-electron chi connectivity index (χ0n) is 22.3. The fourth-order valence-electron chi connectivity index (χ4n) is 5.05.